The maximum absolute atomic E-state index is 5.66. The number of rotatable bonds is 2. The van der Waals surface area contributed by atoms with E-state index in [1.165, 1.54) is 11.8 Å². The van der Waals surface area contributed by atoms with Crippen molar-refractivity contribution in [2.45, 2.75) is 17.2 Å². The molecule has 0 saturated carbocycles. The molecule has 3 aromatic rings. The quantitative estimate of drug-likeness (QED) is 0.699. The van der Waals surface area contributed by atoms with E-state index in [2.05, 4.69) is 25.9 Å². The Morgan fingerprint density at radius 1 is 1.28 bits per heavy atom. The third kappa shape index (κ3) is 2.28. The van der Waals surface area contributed by atoms with Gasteiger partial charge in [-0.15, -0.1) is 0 Å². The first-order valence-corrected chi connectivity index (χ1v) is 6.99. The molecule has 0 spiro atoms. The summed E-state index contributed by atoms with van der Waals surface area (Å²) in [4.78, 5) is 8.78. The highest BCUT2D eigenvalue weighted by molar-refractivity contribution is 9.10. The van der Waals surface area contributed by atoms with E-state index >= 15 is 0 Å². The molecule has 0 fully saturated rings. The topological polar surface area (TPSA) is 38.9 Å². The van der Waals surface area contributed by atoms with Crippen LogP contribution in [-0.2, 0) is 0 Å². The van der Waals surface area contributed by atoms with E-state index < -0.39 is 0 Å². The lowest BCUT2D eigenvalue weighted by molar-refractivity contribution is 0.489. The summed E-state index contributed by atoms with van der Waals surface area (Å²) in [5, 5.41) is 1.53. The van der Waals surface area contributed by atoms with Crippen molar-refractivity contribution >= 4 is 38.8 Å². The van der Waals surface area contributed by atoms with Crippen LogP contribution < -0.4 is 0 Å². The molecule has 0 aliphatic rings. The largest absolute Gasteiger partial charge is 0.431 e. The molecule has 90 valence electrons. The molecule has 18 heavy (non-hydrogen) atoms. The SMILES string of the molecule is Cc1cc(Br)cnc1Sc1nc2ccccc2o1. The molecule has 2 heterocycles. The Hall–Kier alpha value is -1.33. The van der Waals surface area contributed by atoms with Crippen LogP contribution in [0.25, 0.3) is 11.1 Å². The zero-order valence-electron chi connectivity index (χ0n) is 9.55. The van der Waals surface area contributed by atoms with E-state index in [9.17, 15) is 0 Å². The molecule has 0 aliphatic heterocycles. The molecule has 0 aliphatic carbocycles. The third-order valence-electron chi connectivity index (χ3n) is 2.46. The second kappa shape index (κ2) is 4.74. The first-order chi connectivity index (χ1) is 8.72. The highest BCUT2D eigenvalue weighted by atomic mass is 79.9. The van der Waals surface area contributed by atoms with Crippen molar-refractivity contribution in [3.05, 3.63) is 46.6 Å². The number of halogens is 1. The average Bonchev–Trinajstić information content (AvgIpc) is 2.75. The van der Waals surface area contributed by atoms with Gasteiger partial charge in [-0.1, -0.05) is 12.1 Å². The molecule has 0 saturated heterocycles. The van der Waals surface area contributed by atoms with Gasteiger partial charge in [-0.2, -0.15) is 0 Å². The van der Waals surface area contributed by atoms with Crippen molar-refractivity contribution in [1.82, 2.24) is 9.97 Å². The monoisotopic (exact) mass is 320 g/mol. The van der Waals surface area contributed by atoms with Crippen molar-refractivity contribution in [3.8, 4) is 0 Å². The first kappa shape index (κ1) is 11.7. The fraction of sp³-hybridized carbons (Fsp3) is 0.0769. The summed E-state index contributed by atoms with van der Waals surface area (Å²) in [7, 11) is 0. The zero-order chi connectivity index (χ0) is 12.5. The van der Waals surface area contributed by atoms with E-state index in [1.807, 2.05) is 37.3 Å². The second-order valence-electron chi connectivity index (χ2n) is 3.83. The number of aryl methyl sites for hydroxylation is 1. The lowest BCUT2D eigenvalue weighted by Gasteiger charge is -2.01. The minimum Gasteiger partial charge on any atom is -0.431 e. The Bertz CT molecular complexity index is 678. The molecule has 2 aromatic heterocycles. The van der Waals surface area contributed by atoms with E-state index in [0.717, 1.165) is 26.2 Å². The van der Waals surface area contributed by atoms with E-state index in [4.69, 9.17) is 4.42 Å². The molecule has 0 amide bonds. The van der Waals surface area contributed by atoms with Crippen LogP contribution in [0, 0.1) is 6.92 Å². The van der Waals surface area contributed by atoms with Crippen LogP contribution in [-0.4, -0.2) is 9.97 Å². The number of para-hydroxylation sites is 2. The molecule has 0 radical (unpaired) electrons. The van der Waals surface area contributed by atoms with E-state index in [1.54, 1.807) is 6.20 Å². The minimum atomic E-state index is 0.620. The van der Waals surface area contributed by atoms with E-state index in [0.29, 0.717) is 5.22 Å². The number of fused-ring (bicyclic) bond motifs is 1. The second-order valence-corrected chi connectivity index (χ2v) is 5.68. The summed E-state index contributed by atoms with van der Waals surface area (Å²) < 4.78 is 6.63. The van der Waals surface area contributed by atoms with Gasteiger partial charge in [0.2, 0.25) is 0 Å². The maximum Gasteiger partial charge on any atom is 0.263 e. The summed E-state index contributed by atoms with van der Waals surface area (Å²) >= 11 is 4.84. The average molecular weight is 321 g/mol. The van der Waals surface area contributed by atoms with Gasteiger partial charge < -0.3 is 4.42 Å². The van der Waals surface area contributed by atoms with Crippen LogP contribution in [0.3, 0.4) is 0 Å². The predicted octanol–water partition coefficient (Wildman–Crippen LogP) is 4.44. The van der Waals surface area contributed by atoms with Crippen LogP contribution in [0.15, 0.2) is 55.7 Å². The molecular weight excluding hydrogens is 312 g/mol. The number of pyridine rings is 1. The normalized spacial score (nSPS) is 11.0. The van der Waals surface area contributed by atoms with Crippen LogP contribution in [0.4, 0.5) is 0 Å². The maximum atomic E-state index is 5.66. The number of hydrogen-bond acceptors (Lipinski definition) is 4. The minimum absolute atomic E-state index is 0.620. The van der Waals surface area contributed by atoms with Crippen LogP contribution in [0.2, 0.25) is 0 Å². The Morgan fingerprint density at radius 3 is 2.89 bits per heavy atom. The van der Waals surface area contributed by atoms with Gasteiger partial charge in [0.25, 0.3) is 5.22 Å². The van der Waals surface area contributed by atoms with E-state index in [-0.39, 0.29) is 0 Å². The molecular formula is C13H9BrN2OS. The van der Waals surface area contributed by atoms with Gasteiger partial charge in [0, 0.05) is 10.7 Å². The molecule has 3 rings (SSSR count). The Kier molecular flexibility index (Phi) is 3.09. The Labute approximate surface area is 117 Å². The lowest BCUT2D eigenvalue weighted by Crippen LogP contribution is -1.85. The van der Waals surface area contributed by atoms with Gasteiger partial charge >= 0.3 is 0 Å². The standard InChI is InChI=1S/C13H9BrN2OS/c1-8-6-9(14)7-15-12(8)18-13-16-10-4-2-3-5-11(10)17-13/h2-7H,1H3. The van der Waals surface area contributed by atoms with Gasteiger partial charge in [0.15, 0.2) is 5.58 Å². The molecule has 0 N–H and O–H groups in total. The summed E-state index contributed by atoms with van der Waals surface area (Å²) in [6, 6.07) is 9.75. The van der Waals surface area contributed by atoms with Gasteiger partial charge in [0.05, 0.1) is 0 Å². The molecule has 0 unspecified atom stereocenters. The molecule has 0 atom stereocenters. The number of nitrogens with zero attached hydrogens (tertiary/aromatic N) is 2. The van der Waals surface area contributed by atoms with Crippen molar-refractivity contribution < 1.29 is 4.42 Å². The molecule has 5 heteroatoms. The van der Waals surface area contributed by atoms with Gasteiger partial charge in [-0.3, -0.25) is 0 Å². The summed E-state index contributed by atoms with van der Waals surface area (Å²) in [6.45, 7) is 2.02. The van der Waals surface area contributed by atoms with Gasteiger partial charge in [-0.25, -0.2) is 9.97 Å². The van der Waals surface area contributed by atoms with Crippen molar-refractivity contribution in [2.24, 2.45) is 0 Å². The number of benzene rings is 1. The smallest absolute Gasteiger partial charge is 0.263 e. The third-order valence-corrected chi connectivity index (χ3v) is 3.86. The summed E-state index contributed by atoms with van der Waals surface area (Å²) in [5.41, 5.74) is 2.76. The highest BCUT2D eigenvalue weighted by Gasteiger charge is 2.09. The summed E-state index contributed by atoms with van der Waals surface area (Å²) in [5.74, 6) is 0. The Morgan fingerprint density at radius 2 is 2.11 bits per heavy atom. The fourth-order valence-corrected chi connectivity index (χ4v) is 2.82. The van der Waals surface area contributed by atoms with Crippen molar-refractivity contribution in [3.63, 3.8) is 0 Å². The van der Waals surface area contributed by atoms with Crippen molar-refractivity contribution in [2.75, 3.05) is 0 Å². The number of hydrogen-bond donors (Lipinski definition) is 0. The van der Waals surface area contributed by atoms with Gasteiger partial charge in [0.1, 0.15) is 10.5 Å². The molecule has 1 aromatic carbocycles. The summed E-state index contributed by atoms with van der Waals surface area (Å²) in [6.07, 6.45) is 1.78. The fourth-order valence-electron chi connectivity index (χ4n) is 1.61. The first-order valence-electron chi connectivity index (χ1n) is 5.38. The van der Waals surface area contributed by atoms with Crippen LogP contribution in [0.1, 0.15) is 5.56 Å². The predicted molar refractivity (Wildman–Crippen MR) is 74.8 cm³/mol. The zero-order valence-corrected chi connectivity index (χ0v) is 12.0. The van der Waals surface area contributed by atoms with Gasteiger partial charge in [-0.05, 0) is 58.4 Å². The highest BCUT2D eigenvalue weighted by Crippen LogP contribution is 2.31. The van der Waals surface area contributed by atoms with Crippen molar-refractivity contribution in [1.29, 1.82) is 0 Å². The Balaban J connectivity index is 1.96. The molecule has 0 bridgehead atoms. The number of oxazole rings is 1. The molecule has 3 nitrogen and oxygen atoms in total. The van der Waals surface area contributed by atoms with Crippen LogP contribution >= 0.6 is 27.7 Å². The van der Waals surface area contributed by atoms with Crippen LogP contribution in [0.5, 0.6) is 0 Å². The lowest BCUT2D eigenvalue weighted by atomic mass is 10.3. The number of aromatic nitrogens is 2.